The highest BCUT2D eigenvalue weighted by molar-refractivity contribution is 7.17. The highest BCUT2D eigenvalue weighted by atomic mass is 32.1. The van der Waals surface area contributed by atoms with Crippen molar-refractivity contribution in [3.05, 3.63) is 40.3 Å². The van der Waals surface area contributed by atoms with Gasteiger partial charge in [-0.25, -0.2) is 15.0 Å². The Hall–Kier alpha value is -2.28. The van der Waals surface area contributed by atoms with Gasteiger partial charge in [-0.05, 0) is 17.5 Å². The Labute approximate surface area is 99.4 Å². The molecule has 0 fully saturated rings. The van der Waals surface area contributed by atoms with Gasteiger partial charge in [0.05, 0.1) is 5.52 Å². The number of hydrogen-bond donors (Lipinski definition) is 2. The lowest BCUT2D eigenvalue weighted by Crippen LogP contribution is -2.10. The Morgan fingerprint density at radius 3 is 2.94 bits per heavy atom. The molecule has 3 aromatic heterocycles. The van der Waals surface area contributed by atoms with Gasteiger partial charge in [-0.3, -0.25) is 15.1 Å². The molecule has 0 unspecified atom stereocenters. The number of H-pyrrole nitrogens is 1. The number of anilines is 2. The molecule has 17 heavy (non-hydrogen) atoms. The molecule has 0 bridgehead atoms. The lowest BCUT2D eigenvalue weighted by molar-refractivity contribution is 1.11. The van der Waals surface area contributed by atoms with E-state index in [0.29, 0.717) is 22.1 Å². The minimum Gasteiger partial charge on any atom is -0.294 e. The molecule has 0 aliphatic rings. The molecule has 0 aliphatic carbocycles. The lowest BCUT2D eigenvalue weighted by atomic mass is 10.5. The summed E-state index contributed by atoms with van der Waals surface area (Å²) in [7, 11) is 0. The summed E-state index contributed by atoms with van der Waals surface area (Å²) in [5.41, 5.74) is 0.501. The summed E-state index contributed by atoms with van der Waals surface area (Å²) in [5.74, 6) is 0.734. The van der Waals surface area contributed by atoms with E-state index in [-0.39, 0.29) is 5.56 Å². The molecule has 0 atom stereocenters. The van der Waals surface area contributed by atoms with Crippen LogP contribution in [0.25, 0.3) is 10.2 Å². The highest BCUT2D eigenvalue weighted by Crippen LogP contribution is 2.15. The number of aromatic nitrogens is 4. The van der Waals surface area contributed by atoms with Crippen LogP contribution in [0.1, 0.15) is 0 Å². The second-order valence-corrected chi connectivity index (χ2v) is 4.16. The number of fused-ring (bicyclic) bond motifs is 1. The fourth-order valence-corrected chi connectivity index (χ4v) is 2.13. The summed E-state index contributed by atoms with van der Waals surface area (Å²) in [6.45, 7) is 0. The molecule has 7 heteroatoms. The molecule has 0 saturated heterocycles. The van der Waals surface area contributed by atoms with E-state index in [2.05, 4.69) is 25.3 Å². The maximum atomic E-state index is 11.7. The number of rotatable bonds is 2. The van der Waals surface area contributed by atoms with Crippen LogP contribution >= 0.6 is 11.3 Å². The second kappa shape index (κ2) is 3.95. The van der Waals surface area contributed by atoms with Gasteiger partial charge in [0.25, 0.3) is 5.56 Å². The van der Waals surface area contributed by atoms with Crippen LogP contribution in [0.3, 0.4) is 0 Å². The SMILES string of the molecule is O=c1[nH]c(Nc2ncccn2)nc2ccsc12. The normalized spacial score (nSPS) is 10.6. The minimum atomic E-state index is -0.163. The lowest BCUT2D eigenvalue weighted by Gasteiger charge is -2.02. The van der Waals surface area contributed by atoms with E-state index in [1.54, 1.807) is 24.5 Å². The predicted molar refractivity (Wildman–Crippen MR) is 65.6 cm³/mol. The third kappa shape index (κ3) is 1.87. The summed E-state index contributed by atoms with van der Waals surface area (Å²) in [4.78, 5) is 26.6. The zero-order valence-electron chi connectivity index (χ0n) is 8.54. The average Bonchev–Trinajstić information content (AvgIpc) is 2.79. The van der Waals surface area contributed by atoms with Gasteiger partial charge in [-0.1, -0.05) is 0 Å². The average molecular weight is 245 g/mol. The van der Waals surface area contributed by atoms with Crippen molar-refractivity contribution in [1.29, 1.82) is 0 Å². The third-order valence-corrected chi connectivity index (χ3v) is 3.01. The van der Waals surface area contributed by atoms with Crippen LogP contribution in [0.5, 0.6) is 0 Å². The van der Waals surface area contributed by atoms with E-state index < -0.39 is 0 Å². The van der Waals surface area contributed by atoms with E-state index in [1.807, 2.05) is 5.38 Å². The molecular formula is C10H7N5OS. The molecular weight excluding hydrogens is 238 g/mol. The van der Waals surface area contributed by atoms with Crippen molar-refractivity contribution in [1.82, 2.24) is 19.9 Å². The summed E-state index contributed by atoms with van der Waals surface area (Å²) in [6, 6.07) is 3.51. The van der Waals surface area contributed by atoms with Gasteiger partial charge in [-0.15, -0.1) is 11.3 Å². The smallest absolute Gasteiger partial charge is 0.270 e. The van der Waals surface area contributed by atoms with Gasteiger partial charge in [0.2, 0.25) is 11.9 Å². The summed E-state index contributed by atoms with van der Waals surface area (Å²) < 4.78 is 0.615. The van der Waals surface area contributed by atoms with E-state index in [0.717, 1.165) is 0 Å². The minimum absolute atomic E-state index is 0.163. The van der Waals surface area contributed by atoms with Crippen molar-refractivity contribution in [2.75, 3.05) is 5.32 Å². The third-order valence-electron chi connectivity index (χ3n) is 2.11. The van der Waals surface area contributed by atoms with Crippen LogP contribution in [0.4, 0.5) is 11.9 Å². The van der Waals surface area contributed by atoms with E-state index in [9.17, 15) is 4.79 Å². The van der Waals surface area contributed by atoms with Crippen LogP contribution in [0.2, 0.25) is 0 Å². The number of nitrogens with zero attached hydrogens (tertiary/aromatic N) is 3. The highest BCUT2D eigenvalue weighted by Gasteiger charge is 2.05. The Morgan fingerprint density at radius 1 is 1.29 bits per heavy atom. The summed E-state index contributed by atoms with van der Waals surface area (Å²) in [5, 5.41) is 4.67. The van der Waals surface area contributed by atoms with Crippen molar-refractivity contribution >= 4 is 33.5 Å². The Balaban J connectivity index is 2.04. The molecule has 0 aromatic carbocycles. The zero-order valence-corrected chi connectivity index (χ0v) is 9.36. The Kier molecular flexibility index (Phi) is 2.30. The molecule has 6 nitrogen and oxygen atoms in total. The van der Waals surface area contributed by atoms with Crippen molar-refractivity contribution in [3.63, 3.8) is 0 Å². The Morgan fingerprint density at radius 2 is 2.12 bits per heavy atom. The molecule has 0 radical (unpaired) electrons. The van der Waals surface area contributed by atoms with Crippen LogP contribution in [0.15, 0.2) is 34.7 Å². The first-order valence-electron chi connectivity index (χ1n) is 4.84. The second-order valence-electron chi connectivity index (χ2n) is 3.25. The van der Waals surface area contributed by atoms with E-state index in [4.69, 9.17) is 0 Å². The van der Waals surface area contributed by atoms with Crippen molar-refractivity contribution in [2.45, 2.75) is 0 Å². The molecule has 0 saturated carbocycles. The first-order valence-corrected chi connectivity index (χ1v) is 5.72. The molecule has 3 aromatic rings. The summed E-state index contributed by atoms with van der Waals surface area (Å²) in [6.07, 6.45) is 3.22. The molecule has 0 amide bonds. The van der Waals surface area contributed by atoms with Gasteiger partial charge in [-0.2, -0.15) is 0 Å². The van der Waals surface area contributed by atoms with Crippen LogP contribution in [0, 0.1) is 0 Å². The molecule has 2 N–H and O–H groups in total. The van der Waals surface area contributed by atoms with Gasteiger partial charge in [0.1, 0.15) is 4.70 Å². The topological polar surface area (TPSA) is 83.6 Å². The molecule has 0 aliphatic heterocycles. The number of nitrogens with one attached hydrogen (secondary N) is 2. The van der Waals surface area contributed by atoms with E-state index in [1.165, 1.54) is 11.3 Å². The van der Waals surface area contributed by atoms with Crippen LogP contribution in [-0.4, -0.2) is 19.9 Å². The molecule has 3 rings (SSSR count). The first kappa shape index (κ1) is 9.91. The number of aromatic amines is 1. The maximum absolute atomic E-state index is 11.7. The quantitative estimate of drug-likeness (QED) is 0.715. The van der Waals surface area contributed by atoms with Crippen molar-refractivity contribution in [3.8, 4) is 0 Å². The van der Waals surface area contributed by atoms with Crippen LogP contribution in [-0.2, 0) is 0 Å². The molecule has 0 spiro atoms. The fraction of sp³-hybridized carbons (Fsp3) is 0. The maximum Gasteiger partial charge on any atom is 0.270 e. The number of thiophene rings is 1. The number of hydrogen-bond acceptors (Lipinski definition) is 6. The predicted octanol–water partition coefficient (Wildman–Crippen LogP) is 1.52. The standard InChI is InChI=1S/C10H7N5OS/c16-8-7-6(2-5-17-7)13-10(14-8)15-9-11-3-1-4-12-9/h1-5H,(H2,11,12,13,14,15,16). The largest absolute Gasteiger partial charge is 0.294 e. The van der Waals surface area contributed by atoms with Crippen LogP contribution < -0.4 is 10.9 Å². The monoisotopic (exact) mass is 245 g/mol. The van der Waals surface area contributed by atoms with E-state index >= 15 is 0 Å². The Bertz CT molecular complexity index is 705. The van der Waals surface area contributed by atoms with Gasteiger partial charge < -0.3 is 0 Å². The first-order chi connectivity index (χ1) is 8.33. The molecule has 84 valence electrons. The van der Waals surface area contributed by atoms with Gasteiger partial charge in [0, 0.05) is 12.4 Å². The van der Waals surface area contributed by atoms with Gasteiger partial charge in [0.15, 0.2) is 0 Å². The zero-order chi connectivity index (χ0) is 11.7. The van der Waals surface area contributed by atoms with Gasteiger partial charge >= 0.3 is 0 Å². The molecule has 3 heterocycles. The van der Waals surface area contributed by atoms with Crippen molar-refractivity contribution in [2.24, 2.45) is 0 Å². The summed E-state index contributed by atoms with van der Waals surface area (Å²) >= 11 is 1.36. The van der Waals surface area contributed by atoms with Crippen molar-refractivity contribution < 1.29 is 0 Å². The fourth-order valence-electron chi connectivity index (χ4n) is 1.40.